The van der Waals surface area contributed by atoms with Crippen LogP contribution in [0.15, 0.2) is 0 Å². The molecule has 2 aliphatic rings. The van der Waals surface area contributed by atoms with Crippen LogP contribution in [0.4, 0.5) is 13.2 Å². The molecule has 2 unspecified atom stereocenters. The summed E-state index contributed by atoms with van der Waals surface area (Å²) < 4.78 is 39.1. The van der Waals surface area contributed by atoms with Gasteiger partial charge in [0.15, 0.2) is 0 Å². The Balaban J connectivity index is 2.06. The molecule has 0 aromatic heterocycles. The van der Waals surface area contributed by atoms with Crippen molar-refractivity contribution in [1.82, 2.24) is 0 Å². The molecular formula is C15H23F3O. The maximum absolute atomic E-state index is 13.0. The number of Topliss-reactive ketones (excluding diaryl/α,β-unsaturated/α-hetero) is 1. The van der Waals surface area contributed by atoms with Crippen LogP contribution in [-0.2, 0) is 4.79 Å². The molecule has 110 valence electrons. The van der Waals surface area contributed by atoms with E-state index in [0.717, 1.165) is 44.9 Å². The quantitative estimate of drug-likeness (QED) is 0.656. The van der Waals surface area contributed by atoms with Crippen molar-refractivity contribution in [2.45, 2.75) is 70.4 Å². The molecule has 0 amide bonds. The Hall–Kier alpha value is -0.540. The largest absolute Gasteiger partial charge is 0.392 e. The van der Waals surface area contributed by atoms with Gasteiger partial charge < -0.3 is 0 Å². The average Bonchev–Trinajstić information content (AvgIpc) is 2.66. The van der Waals surface area contributed by atoms with Crippen LogP contribution in [-0.4, -0.2) is 12.0 Å². The van der Waals surface area contributed by atoms with Crippen molar-refractivity contribution in [2.75, 3.05) is 0 Å². The predicted molar refractivity (Wildman–Crippen MR) is 67.7 cm³/mol. The average molecular weight is 276 g/mol. The summed E-state index contributed by atoms with van der Waals surface area (Å²) in [5.74, 6) is -2.31. The van der Waals surface area contributed by atoms with Gasteiger partial charge in [-0.15, -0.1) is 0 Å². The molecule has 0 aliphatic heterocycles. The third-order valence-corrected chi connectivity index (χ3v) is 4.81. The molecule has 0 heterocycles. The Labute approximate surface area is 112 Å². The molecule has 4 heteroatoms. The minimum atomic E-state index is -4.20. The standard InChI is InChI=1S/C15H23F3O/c16-15(17,18)13-10-6-5-9-12(13)14(19)11-7-3-1-2-4-8-11/h11-13H,1-10H2. The van der Waals surface area contributed by atoms with Gasteiger partial charge in [-0.1, -0.05) is 38.5 Å². The van der Waals surface area contributed by atoms with E-state index in [-0.39, 0.29) is 18.1 Å². The highest BCUT2D eigenvalue weighted by Gasteiger charge is 2.48. The minimum absolute atomic E-state index is 0.0797. The highest BCUT2D eigenvalue weighted by Crippen LogP contribution is 2.43. The molecule has 2 aliphatic carbocycles. The van der Waals surface area contributed by atoms with Crippen LogP contribution < -0.4 is 0 Å². The summed E-state index contributed by atoms with van der Waals surface area (Å²) in [5, 5.41) is 0. The second kappa shape index (κ2) is 6.27. The van der Waals surface area contributed by atoms with Crippen LogP contribution in [0.2, 0.25) is 0 Å². The first-order valence-electron chi connectivity index (χ1n) is 7.60. The van der Waals surface area contributed by atoms with Crippen LogP contribution in [0, 0.1) is 17.8 Å². The maximum atomic E-state index is 13.0. The van der Waals surface area contributed by atoms with E-state index in [2.05, 4.69) is 0 Å². The van der Waals surface area contributed by atoms with Gasteiger partial charge in [-0.2, -0.15) is 13.2 Å². The van der Waals surface area contributed by atoms with Gasteiger partial charge in [0.25, 0.3) is 0 Å². The van der Waals surface area contributed by atoms with Gasteiger partial charge in [-0.3, -0.25) is 4.79 Å². The molecule has 0 radical (unpaired) electrons. The van der Waals surface area contributed by atoms with Crippen LogP contribution >= 0.6 is 0 Å². The molecule has 0 bridgehead atoms. The molecule has 0 spiro atoms. The third kappa shape index (κ3) is 3.73. The van der Waals surface area contributed by atoms with E-state index in [1.165, 1.54) is 0 Å². The molecule has 0 saturated heterocycles. The number of rotatable bonds is 2. The van der Waals surface area contributed by atoms with Crippen molar-refractivity contribution in [3.63, 3.8) is 0 Å². The summed E-state index contributed by atoms with van der Waals surface area (Å²) in [4.78, 5) is 12.5. The van der Waals surface area contributed by atoms with Gasteiger partial charge in [0.1, 0.15) is 5.78 Å². The fourth-order valence-corrected chi connectivity index (χ4v) is 3.73. The summed E-state index contributed by atoms with van der Waals surface area (Å²) in [5.41, 5.74) is 0. The van der Waals surface area contributed by atoms with Gasteiger partial charge in [0.05, 0.1) is 5.92 Å². The van der Waals surface area contributed by atoms with Gasteiger partial charge >= 0.3 is 6.18 Å². The lowest BCUT2D eigenvalue weighted by Crippen LogP contribution is -2.39. The molecular weight excluding hydrogens is 253 g/mol. The van der Waals surface area contributed by atoms with Crippen LogP contribution in [0.3, 0.4) is 0 Å². The van der Waals surface area contributed by atoms with Crippen molar-refractivity contribution in [2.24, 2.45) is 17.8 Å². The van der Waals surface area contributed by atoms with Crippen molar-refractivity contribution < 1.29 is 18.0 Å². The van der Waals surface area contributed by atoms with E-state index in [9.17, 15) is 18.0 Å². The van der Waals surface area contributed by atoms with E-state index in [0.29, 0.717) is 12.8 Å². The van der Waals surface area contributed by atoms with Gasteiger partial charge in [-0.05, 0) is 25.7 Å². The summed E-state index contributed by atoms with van der Waals surface area (Å²) in [6.07, 6.45) is 3.62. The molecule has 19 heavy (non-hydrogen) atoms. The van der Waals surface area contributed by atoms with Crippen molar-refractivity contribution in [3.05, 3.63) is 0 Å². The molecule has 2 atom stereocenters. The zero-order valence-electron chi connectivity index (χ0n) is 11.3. The second-order valence-electron chi connectivity index (χ2n) is 6.13. The Bertz CT molecular complexity index is 303. The summed E-state index contributed by atoms with van der Waals surface area (Å²) in [6, 6.07) is 0. The van der Waals surface area contributed by atoms with E-state index in [1.54, 1.807) is 0 Å². The zero-order chi connectivity index (χ0) is 13.9. The SMILES string of the molecule is O=C(C1CCCCCC1)C1CCCCC1C(F)(F)F. The predicted octanol–water partition coefficient (Wildman–Crippen LogP) is 4.89. The van der Waals surface area contributed by atoms with E-state index in [4.69, 9.17) is 0 Å². The Morgan fingerprint density at radius 1 is 0.789 bits per heavy atom. The molecule has 2 fully saturated rings. The maximum Gasteiger partial charge on any atom is 0.392 e. The van der Waals surface area contributed by atoms with E-state index in [1.807, 2.05) is 0 Å². The first kappa shape index (κ1) is 14.9. The Kier molecular flexibility index (Phi) is 4.91. The number of halogens is 3. The lowest BCUT2D eigenvalue weighted by molar-refractivity contribution is -0.198. The highest BCUT2D eigenvalue weighted by molar-refractivity contribution is 5.84. The smallest absolute Gasteiger partial charge is 0.299 e. The van der Waals surface area contributed by atoms with E-state index >= 15 is 0 Å². The molecule has 0 aromatic carbocycles. The van der Waals surface area contributed by atoms with Crippen molar-refractivity contribution in [1.29, 1.82) is 0 Å². The fourth-order valence-electron chi connectivity index (χ4n) is 3.73. The molecule has 2 rings (SSSR count). The number of hydrogen-bond donors (Lipinski definition) is 0. The number of hydrogen-bond acceptors (Lipinski definition) is 1. The lowest BCUT2D eigenvalue weighted by atomic mass is 9.72. The number of alkyl halides is 3. The number of carbonyl (C=O) groups excluding carboxylic acids is 1. The third-order valence-electron chi connectivity index (χ3n) is 4.81. The molecule has 0 N–H and O–H groups in total. The van der Waals surface area contributed by atoms with Crippen LogP contribution in [0.1, 0.15) is 64.2 Å². The zero-order valence-corrected chi connectivity index (χ0v) is 11.3. The highest BCUT2D eigenvalue weighted by atomic mass is 19.4. The van der Waals surface area contributed by atoms with Crippen molar-refractivity contribution >= 4 is 5.78 Å². The minimum Gasteiger partial charge on any atom is -0.299 e. The second-order valence-corrected chi connectivity index (χ2v) is 6.13. The molecule has 2 saturated carbocycles. The number of ketones is 1. The molecule has 1 nitrogen and oxygen atoms in total. The van der Waals surface area contributed by atoms with E-state index < -0.39 is 18.0 Å². The van der Waals surface area contributed by atoms with Crippen LogP contribution in [0.5, 0.6) is 0 Å². The van der Waals surface area contributed by atoms with Crippen LogP contribution in [0.25, 0.3) is 0 Å². The topological polar surface area (TPSA) is 17.1 Å². The first-order valence-corrected chi connectivity index (χ1v) is 7.60. The summed E-state index contributed by atoms with van der Waals surface area (Å²) >= 11 is 0. The fraction of sp³-hybridized carbons (Fsp3) is 0.933. The summed E-state index contributed by atoms with van der Waals surface area (Å²) in [7, 11) is 0. The number of carbonyl (C=O) groups is 1. The lowest BCUT2D eigenvalue weighted by Gasteiger charge is -2.34. The van der Waals surface area contributed by atoms with Gasteiger partial charge in [-0.25, -0.2) is 0 Å². The Morgan fingerprint density at radius 2 is 1.32 bits per heavy atom. The summed E-state index contributed by atoms with van der Waals surface area (Å²) in [6.45, 7) is 0. The van der Waals surface area contributed by atoms with Gasteiger partial charge in [0.2, 0.25) is 0 Å². The Morgan fingerprint density at radius 3 is 1.89 bits per heavy atom. The van der Waals surface area contributed by atoms with Gasteiger partial charge in [0, 0.05) is 11.8 Å². The van der Waals surface area contributed by atoms with Crippen molar-refractivity contribution in [3.8, 4) is 0 Å². The monoisotopic (exact) mass is 276 g/mol. The normalized spacial score (nSPS) is 30.9. The first-order chi connectivity index (χ1) is 9.00. The molecule has 0 aromatic rings.